The molecule has 1 aliphatic rings. The maximum absolute atomic E-state index is 14.0. The van der Waals surface area contributed by atoms with Gasteiger partial charge in [-0.05, 0) is 24.5 Å². The van der Waals surface area contributed by atoms with Crippen LogP contribution in [0.15, 0.2) is 46.1 Å². The van der Waals surface area contributed by atoms with Gasteiger partial charge >= 0.3 is 23.9 Å². The topological polar surface area (TPSA) is 184 Å². The Bertz CT molecular complexity index is 1290. The lowest BCUT2D eigenvalue weighted by Gasteiger charge is -2.44. The van der Waals surface area contributed by atoms with Gasteiger partial charge in [-0.3, -0.25) is 9.79 Å². The first-order chi connectivity index (χ1) is 19.8. The minimum Gasteiger partial charge on any atom is -0.478 e. The maximum Gasteiger partial charge on any atom is 0.337 e. The summed E-state index contributed by atoms with van der Waals surface area (Å²) in [4.78, 5) is 57.0. The van der Waals surface area contributed by atoms with Crippen LogP contribution in [0.1, 0.15) is 26.3 Å². The standard InChI is InChI=1S/C28H34Cl2N2O10/c1-15(2)13-42-27(38)23-20(14-41-11-10-40-9-8-31)32-16(3)22(26(37)39-4)28(23,18(25(35)36)12-21(33)34)17-6-5-7-19(29)24(17)30/h5-7,12,15,22H,8-11,13-14,31H2,1-4H3,(H,33,34)(H,35,36). The Kier molecular flexibility index (Phi) is 13.1. The van der Waals surface area contributed by atoms with Gasteiger partial charge in [-0.2, -0.15) is 0 Å². The van der Waals surface area contributed by atoms with E-state index in [2.05, 4.69) is 4.99 Å². The van der Waals surface area contributed by atoms with Crippen LogP contribution in [0.4, 0.5) is 0 Å². The maximum atomic E-state index is 14.0. The molecular formula is C28H34Cl2N2O10. The number of nitrogens with two attached hydrogens (primary N) is 1. The van der Waals surface area contributed by atoms with Crippen molar-refractivity contribution in [2.24, 2.45) is 22.6 Å². The summed E-state index contributed by atoms with van der Waals surface area (Å²) in [6.07, 6.45) is 0.392. The van der Waals surface area contributed by atoms with Gasteiger partial charge in [0.05, 0.1) is 72.4 Å². The third-order valence-electron chi connectivity index (χ3n) is 6.21. The molecule has 0 saturated heterocycles. The molecule has 0 bridgehead atoms. The number of esters is 2. The van der Waals surface area contributed by atoms with Crippen LogP contribution in [0.25, 0.3) is 0 Å². The molecule has 0 radical (unpaired) electrons. The molecule has 0 aromatic heterocycles. The molecular weight excluding hydrogens is 595 g/mol. The molecule has 12 nitrogen and oxygen atoms in total. The molecule has 0 amide bonds. The third kappa shape index (κ3) is 7.75. The van der Waals surface area contributed by atoms with Gasteiger partial charge in [0.1, 0.15) is 5.92 Å². The Labute approximate surface area is 253 Å². The Hall–Kier alpha value is -3.29. The lowest BCUT2D eigenvalue weighted by atomic mass is 9.57. The van der Waals surface area contributed by atoms with Crippen LogP contribution in [0.2, 0.25) is 10.0 Å². The molecule has 2 atom stereocenters. The number of methoxy groups -OCH3 is 1. The van der Waals surface area contributed by atoms with Crippen LogP contribution in [0.3, 0.4) is 0 Å². The van der Waals surface area contributed by atoms with E-state index in [0.717, 1.165) is 7.11 Å². The summed E-state index contributed by atoms with van der Waals surface area (Å²) in [5, 5.41) is 20.0. The highest BCUT2D eigenvalue weighted by molar-refractivity contribution is 6.42. The van der Waals surface area contributed by atoms with Crippen LogP contribution in [-0.2, 0) is 43.5 Å². The van der Waals surface area contributed by atoms with E-state index in [0.29, 0.717) is 12.6 Å². The second-order valence-electron chi connectivity index (χ2n) is 9.59. The van der Waals surface area contributed by atoms with E-state index in [-0.39, 0.29) is 66.0 Å². The Morgan fingerprint density at radius 1 is 1.12 bits per heavy atom. The molecule has 1 heterocycles. The predicted molar refractivity (Wildman–Crippen MR) is 154 cm³/mol. The van der Waals surface area contributed by atoms with Crippen molar-refractivity contribution >= 4 is 52.8 Å². The molecule has 42 heavy (non-hydrogen) atoms. The van der Waals surface area contributed by atoms with Gasteiger partial charge < -0.3 is 34.9 Å². The van der Waals surface area contributed by atoms with Gasteiger partial charge in [0, 0.05) is 18.3 Å². The quantitative estimate of drug-likeness (QED) is 0.147. The van der Waals surface area contributed by atoms with Crippen molar-refractivity contribution in [3.8, 4) is 0 Å². The number of rotatable bonds is 15. The fourth-order valence-corrected chi connectivity index (χ4v) is 5.10. The number of halogens is 2. The first-order valence-corrected chi connectivity index (χ1v) is 13.6. The van der Waals surface area contributed by atoms with Crippen LogP contribution in [0, 0.1) is 11.8 Å². The van der Waals surface area contributed by atoms with E-state index >= 15 is 0 Å². The monoisotopic (exact) mass is 628 g/mol. The fourth-order valence-electron chi connectivity index (χ4n) is 4.66. The molecule has 14 heteroatoms. The smallest absolute Gasteiger partial charge is 0.337 e. The van der Waals surface area contributed by atoms with Crippen molar-refractivity contribution < 1.29 is 48.3 Å². The van der Waals surface area contributed by atoms with E-state index in [1.807, 2.05) is 0 Å². The molecule has 2 unspecified atom stereocenters. The van der Waals surface area contributed by atoms with Gasteiger partial charge in [-0.15, -0.1) is 0 Å². The summed E-state index contributed by atoms with van der Waals surface area (Å²) in [5.74, 6) is -7.34. The summed E-state index contributed by atoms with van der Waals surface area (Å²) in [6.45, 7) is 5.27. The number of hydrogen-bond donors (Lipinski definition) is 3. The predicted octanol–water partition coefficient (Wildman–Crippen LogP) is 3.04. The van der Waals surface area contributed by atoms with Gasteiger partial charge in [-0.1, -0.05) is 49.2 Å². The second-order valence-corrected chi connectivity index (χ2v) is 10.4. The van der Waals surface area contributed by atoms with Crippen molar-refractivity contribution in [2.75, 3.05) is 46.7 Å². The molecule has 2 rings (SSSR count). The van der Waals surface area contributed by atoms with Crippen LogP contribution in [0.5, 0.6) is 0 Å². The van der Waals surface area contributed by atoms with Crippen LogP contribution >= 0.6 is 23.2 Å². The van der Waals surface area contributed by atoms with Crippen molar-refractivity contribution in [3.63, 3.8) is 0 Å². The average molecular weight is 629 g/mol. The highest BCUT2D eigenvalue weighted by Gasteiger charge is 2.60. The number of nitrogens with zero attached hydrogens (tertiary/aromatic N) is 1. The van der Waals surface area contributed by atoms with Gasteiger partial charge in [0.25, 0.3) is 0 Å². The zero-order chi connectivity index (χ0) is 31.6. The zero-order valence-electron chi connectivity index (χ0n) is 23.6. The molecule has 1 aromatic carbocycles. The first-order valence-electron chi connectivity index (χ1n) is 12.9. The summed E-state index contributed by atoms with van der Waals surface area (Å²) >= 11 is 13.0. The largest absolute Gasteiger partial charge is 0.478 e. The lowest BCUT2D eigenvalue weighted by Crippen LogP contribution is -2.53. The Morgan fingerprint density at radius 2 is 1.79 bits per heavy atom. The lowest BCUT2D eigenvalue weighted by molar-refractivity contribution is -0.146. The number of carboxylic acid groups (broad SMARTS) is 2. The van der Waals surface area contributed by atoms with Gasteiger partial charge in [0.15, 0.2) is 0 Å². The van der Waals surface area contributed by atoms with Crippen molar-refractivity contribution in [2.45, 2.75) is 26.2 Å². The van der Waals surface area contributed by atoms with Crippen LogP contribution < -0.4 is 5.73 Å². The second kappa shape index (κ2) is 15.8. The van der Waals surface area contributed by atoms with Gasteiger partial charge in [0.2, 0.25) is 0 Å². The third-order valence-corrected chi connectivity index (χ3v) is 7.03. The van der Waals surface area contributed by atoms with E-state index in [1.54, 1.807) is 13.8 Å². The summed E-state index contributed by atoms with van der Waals surface area (Å²) < 4.78 is 21.6. The fraction of sp³-hybridized carbons (Fsp3) is 0.464. The molecule has 1 aromatic rings. The van der Waals surface area contributed by atoms with Crippen LogP contribution in [-0.4, -0.2) is 86.5 Å². The molecule has 0 fully saturated rings. The molecule has 0 spiro atoms. The molecule has 4 N–H and O–H groups in total. The molecule has 1 aliphatic heterocycles. The number of carboxylic acids is 2. The van der Waals surface area contributed by atoms with Crippen molar-refractivity contribution in [1.29, 1.82) is 0 Å². The first kappa shape index (κ1) is 34.9. The number of benzene rings is 1. The molecule has 0 aliphatic carbocycles. The van der Waals surface area contributed by atoms with E-state index in [1.165, 1.54) is 25.1 Å². The van der Waals surface area contributed by atoms with Crippen molar-refractivity contribution in [3.05, 3.63) is 56.7 Å². The highest BCUT2D eigenvalue weighted by atomic mass is 35.5. The number of ether oxygens (including phenoxy) is 4. The number of aliphatic imine (C=N–C) groups is 1. The summed E-state index contributed by atoms with van der Waals surface area (Å²) in [5.41, 5.74) is 1.36. The van der Waals surface area contributed by atoms with Crippen molar-refractivity contribution in [1.82, 2.24) is 0 Å². The number of carbonyl (C=O) groups is 4. The SMILES string of the molecule is COC(=O)C1C(C)=NC(COCCOCCN)=C(C(=O)OCC(C)C)C1(C(=CC(=O)O)C(=O)O)c1cccc(Cl)c1Cl. The van der Waals surface area contributed by atoms with Gasteiger partial charge in [-0.25, -0.2) is 14.4 Å². The molecule has 0 saturated carbocycles. The summed E-state index contributed by atoms with van der Waals surface area (Å²) in [7, 11) is 1.06. The van der Waals surface area contributed by atoms with E-state index in [9.17, 15) is 29.4 Å². The number of hydrogen-bond acceptors (Lipinski definition) is 10. The summed E-state index contributed by atoms with van der Waals surface area (Å²) in [6, 6.07) is 4.17. The average Bonchev–Trinajstić information content (AvgIpc) is 2.92. The zero-order valence-corrected chi connectivity index (χ0v) is 25.2. The minimum atomic E-state index is -2.44. The highest BCUT2D eigenvalue weighted by Crippen LogP contribution is 2.53. The Balaban J connectivity index is 3.11. The normalized spacial score (nSPS) is 19.0. The molecule has 230 valence electrons. The van der Waals surface area contributed by atoms with E-state index < -0.39 is 46.4 Å². The Morgan fingerprint density at radius 3 is 2.36 bits per heavy atom. The number of aliphatic carboxylic acids is 2. The number of carbonyl (C=O) groups excluding carboxylic acids is 2. The minimum absolute atomic E-state index is 0.00572. The van der Waals surface area contributed by atoms with E-state index in [4.69, 9.17) is 47.9 Å².